The molecule has 5 heteroatoms. The van der Waals surface area contributed by atoms with Crippen LogP contribution in [0.15, 0.2) is 30.3 Å². The summed E-state index contributed by atoms with van der Waals surface area (Å²) in [6, 6.07) is 7.63. The quantitative estimate of drug-likeness (QED) is 0.643. The van der Waals surface area contributed by atoms with E-state index in [2.05, 4.69) is 0 Å². The topological polar surface area (TPSA) is 81.0 Å². The van der Waals surface area contributed by atoms with Gasteiger partial charge in [-0.25, -0.2) is 0 Å². The number of aliphatic carboxylic acids is 1. The van der Waals surface area contributed by atoms with Crippen molar-refractivity contribution in [2.45, 2.75) is 25.6 Å². The smallest absolute Gasteiger partial charge is 0.326 e. The highest BCUT2D eigenvalue weighted by Gasteiger charge is 2.29. The largest absolute Gasteiger partial charge is 0.480 e. The third kappa shape index (κ3) is 3.30. The number of carbonyl (C=O) groups is 1. The van der Waals surface area contributed by atoms with Crippen molar-refractivity contribution < 1.29 is 20.2 Å². The van der Waals surface area contributed by atoms with Crippen LogP contribution in [0.2, 0.25) is 0 Å². The summed E-state index contributed by atoms with van der Waals surface area (Å²) in [5.41, 5.74) is 0.775. The molecule has 16 heavy (non-hydrogen) atoms. The van der Waals surface area contributed by atoms with Crippen LogP contribution in [-0.2, 0) is 11.3 Å². The average molecular weight is 225 g/mol. The molecule has 0 saturated carbocycles. The number of nitrogens with zero attached hydrogens (tertiary/aromatic N) is 1. The lowest BCUT2D eigenvalue weighted by Crippen LogP contribution is -2.45. The molecule has 0 aliphatic carbocycles. The van der Waals surface area contributed by atoms with Crippen molar-refractivity contribution in [3.8, 4) is 0 Å². The van der Waals surface area contributed by atoms with Crippen LogP contribution in [-0.4, -0.2) is 38.6 Å². The highest BCUT2D eigenvalue weighted by atomic mass is 16.5. The lowest BCUT2D eigenvalue weighted by molar-refractivity contribution is -0.186. The predicted molar refractivity (Wildman–Crippen MR) is 56.9 cm³/mol. The summed E-state index contributed by atoms with van der Waals surface area (Å²) in [5, 5.41) is 28.3. The maximum Gasteiger partial charge on any atom is 0.326 e. The number of benzene rings is 1. The Kier molecular flexibility index (Phi) is 4.42. The Balaban J connectivity index is 2.70. The van der Waals surface area contributed by atoms with E-state index in [-0.39, 0.29) is 6.54 Å². The number of hydroxylamine groups is 2. The Labute approximate surface area is 93.5 Å². The van der Waals surface area contributed by atoms with Gasteiger partial charge < -0.3 is 15.4 Å². The van der Waals surface area contributed by atoms with E-state index >= 15 is 0 Å². The number of hydrogen-bond acceptors (Lipinski definition) is 4. The molecule has 0 spiro atoms. The molecule has 2 atom stereocenters. The van der Waals surface area contributed by atoms with Gasteiger partial charge in [-0.05, 0) is 12.5 Å². The molecule has 3 N–H and O–H groups in total. The fourth-order valence-electron chi connectivity index (χ4n) is 1.45. The van der Waals surface area contributed by atoms with E-state index in [9.17, 15) is 15.1 Å². The van der Waals surface area contributed by atoms with Gasteiger partial charge in [0.1, 0.15) is 0 Å². The van der Waals surface area contributed by atoms with Gasteiger partial charge in [0.05, 0.1) is 6.10 Å². The fraction of sp³-hybridized carbons (Fsp3) is 0.364. The normalized spacial score (nSPS) is 14.8. The fourth-order valence-corrected chi connectivity index (χ4v) is 1.45. The molecule has 1 rings (SSSR count). The lowest BCUT2D eigenvalue weighted by atomic mass is 10.1. The van der Waals surface area contributed by atoms with Crippen molar-refractivity contribution in [3.05, 3.63) is 35.9 Å². The molecule has 0 amide bonds. The SMILES string of the molecule is CC(O)C(C(=O)O)N(O)Cc1ccccc1. The van der Waals surface area contributed by atoms with Crippen molar-refractivity contribution in [1.82, 2.24) is 5.06 Å². The van der Waals surface area contributed by atoms with Gasteiger partial charge in [0.25, 0.3) is 0 Å². The summed E-state index contributed by atoms with van der Waals surface area (Å²) < 4.78 is 0. The van der Waals surface area contributed by atoms with Gasteiger partial charge in [-0.1, -0.05) is 30.3 Å². The van der Waals surface area contributed by atoms with Crippen LogP contribution in [0.3, 0.4) is 0 Å². The minimum Gasteiger partial charge on any atom is -0.480 e. The second kappa shape index (κ2) is 5.60. The minimum absolute atomic E-state index is 0.0582. The first kappa shape index (κ1) is 12.6. The first-order chi connectivity index (χ1) is 7.52. The molecule has 0 saturated heterocycles. The zero-order valence-corrected chi connectivity index (χ0v) is 8.95. The van der Waals surface area contributed by atoms with Crippen molar-refractivity contribution in [3.63, 3.8) is 0 Å². The van der Waals surface area contributed by atoms with Crippen LogP contribution in [0, 0.1) is 0 Å². The minimum atomic E-state index is -1.32. The molecule has 0 aliphatic rings. The Hall–Kier alpha value is -1.43. The van der Waals surface area contributed by atoms with E-state index in [0.29, 0.717) is 5.06 Å². The first-order valence-corrected chi connectivity index (χ1v) is 4.92. The van der Waals surface area contributed by atoms with Crippen molar-refractivity contribution in [1.29, 1.82) is 0 Å². The predicted octanol–water partition coefficient (Wildman–Crippen LogP) is 0.712. The summed E-state index contributed by atoms with van der Waals surface area (Å²) in [7, 11) is 0. The van der Waals surface area contributed by atoms with Crippen molar-refractivity contribution >= 4 is 5.97 Å². The molecule has 2 unspecified atom stereocenters. The molecule has 0 heterocycles. The molecule has 1 aromatic carbocycles. The summed E-state index contributed by atoms with van der Waals surface area (Å²) in [4.78, 5) is 10.8. The number of carboxylic acids is 1. The number of aliphatic hydroxyl groups excluding tert-OH is 1. The summed E-state index contributed by atoms with van der Waals surface area (Å²) in [6.07, 6.45) is -1.15. The van der Waals surface area contributed by atoms with E-state index in [1.165, 1.54) is 6.92 Å². The Morgan fingerprint density at radius 2 is 1.94 bits per heavy atom. The number of aliphatic hydroxyl groups is 1. The maximum atomic E-state index is 10.8. The molecular formula is C11H15NO4. The summed E-state index contributed by atoms with van der Waals surface area (Å²) in [6.45, 7) is 1.38. The van der Waals surface area contributed by atoms with Gasteiger partial charge in [0, 0.05) is 6.54 Å². The van der Waals surface area contributed by atoms with Crippen molar-refractivity contribution in [2.24, 2.45) is 0 Å². The van der Waals surface area contributed by atoms with E-state index in [4.69, 9.17) is 5.11 Å². The van der Waals surface area contributed by atoms with E-state index in [1.807, 2.05) is 6.07 Å². The van der Waals surface area contributed by atoms with E-state index in [1.54, 1.807) is 24.3 Å². The Morgan fingerprint density at radius 3 is 2.38 bits per heavy atom. The van der Waals surface area contributed by atoms with Gasteiger partial charge in [-0.2, -0.15) is 5.06 Å². The monoisotopic (exact) mass is 225 g/mol. The van der Waals surface area contributed by atoms with Gasteiger partial charge >= 0.3 is 5.97 Å². The molecule has 88 valence electrons. The third-order valence-corrected chi connectivity index (χ3v) is 2.22. The van der Waals surface area contributed by atoms with E-state index in [0.717, 1.165) is 5.56 Å². The molecule has 5 nitrogen and oxygen atoms in total. The van der Waals surface area contributed by atoms with Gasteiger partial charge in [-0.15, -0.1) is 0 Å². The standard InChI is InChI=1S/C11H15NO4/c1-8(13)10(11(14)15)12(16)7-9-5-3-2-4-6-9/h2-6,8,10,13,16H,7H2,1H3,(H,14,15). The molecule has 1 aromatic rings. The highest BCUT2D eigenvalue weighted by molar-refractivity contribution is 5.73. The lowest BCUT2D eigenvalue weighted by Gasteiger charge is -2.24. The summed E-state index contributed by atoms with van der Waals surface area (Å²) in [5.74, 6) is -1.26. The summed E-state index contributed by atoms with van der Waals surface area (Å²) >= 11 is 0. The zero-order chi connectivity index (χ0) is 12.1. The number of carboxylic acid groups (broad SMARTS) is 1. The van der Waals surface area contributed by atoms with Crippen molar-refractivity contribution in [2.75, 3.05) is 0 Å². The molecule has 0 fully saturated rings. The van der Waals surface area contributed by atoms with Crippen LogP contribution in [0.1, 0.15) is 12.5 Å². The molecule has 0 bridgehead atoms. The second-order valence-corrected chi connectivity index (χ2v) is 3.61. The van der Waals surface area contributed by atoms with Crippen LogP contribution >= 0.6 is 0 Å². The van der Waals surface area contributed by atoms with Crippen LogP contribution in [0.4, 0.5) is 0 Å². The maximum absolute atomic E-state index is 10.8. The van der Waals surface area contributed by atoms with E-state index < -0.39 is 18.1 Å². The first-order valence-electron chi connectivity index (χ1n) is 4.92. The zero-order valence-electron chi connectivity index (χ0n) is 8.95. The highest BCUT2D eigenvalue weighted by Crippen LogP contribution is 2.08. The van der Waals surface area contributed by atoms with Gasteiger partial charge in [-0.3, -0.25) is 4.79 Å². The van der Waals surface area contributed by atoms with Crippen LogP contribution < -0.4 is 0 Å². The second-order valence-electron chi connectivity index (χ2n) is 3.61. The Morgan fingerprint density at radius 1 is 1.38 bits per heavy atom. The number of hydrogen-bond donors (Lipinski definition) is 3. The Bertz CT molecular complexity index is 339. The van der Waals surface area contributed by atoms with Crippen LogP contribution in [0.5, 0.6) is 0 Å². The molecule has 0 aliphatic heterocycles. The molecule has 0 radical (unpaired) electrons. The van der Waals surface area contributed by atoms with Gasteiger partial charge in [0.2, 0.25) is 0 Å². The average Bonchev–Trinajstić information content (AvgIpc) is 2.17. The van der Waals surface area contributed by atoms with Gasteiger partial charge in [0.15, 0.2) is 6.04 Å². The molecule has 0 aromatic heterocycles. The molecular weight excluding hydrogens is 210 g/mol. The number of rotatable bonds is 5. The van der Waals surface area contributed by atoms with Crippen LogP contribution in [0.25, 0.3) is 0 Å². The third-order valence-electron chi connectivity index (χ3n) is 2.22.